The molecule has 0 spiro atoms. The molecular formula is C17H18N2O3S. The van der Waals surface area contributed by atoms with Crippen molar-refractivity contribution in [3.05, 3.63) is 53.6 Å². The van der Waals surface area contributed by atoms with Crippen LogP contribution in [0.5, 0.6) is 11.5 Å². The second kappa shape index (κ2) is 7.60. The number of hydrogen-bond donors (Lipinski definition) is 3. The summed E-state index contributed by atoms with van der Waals surface area (Å²) >= 11 is 5.14. The highest BCUT2D eigenvalue weighted by atomic mass is 32.1. The van der Waals surface area contributed by atoms with Crippen molar-refractivity contribution < 1.29 is 14.6 Å². The van der Waals surface area contributed by atoms with E-state index < -0.39 is 0 Å². The molecule has 0 saturated heterocycles. The van der Waals surface area contributed by atoms with Crippen molar-refractivity contribution in [1.82, 2.24) is 5.32 Å². The third-order valence-electron chi connectivity index (χ3n) is 3.30. The van der Waals surface area contributed by atoms with E-state index >= 15 is 0 Å². The Morgan fingerprint density at radius 3 is 2.70 bits per heavy atom. The summed E-state index contributed by atoms with van der Waals surface area (Å²) < 4.78 is 5.15. The van der Waals surface area contributed by atoms with Gasteiger partial charge in [0.1, 0.15) is 11.5 Å². The van der Waals surface area contributed by atoms with Crippen LogP contribution in [0, 0.1) is 0 Å². The third-order valence-corrected chi connectivity index (χ3v) is 3.50. The van der Waals surface area contributed by atoms with Gasteiger partial charge in [-0.15, -0.1) is 0 Å². The van der Waals surface area contributed by atoms with Crippen LogP contribution in [0.4, 0.5) is 5.69 Å². The number of rotatable bonds is 4. The lowest BCUT2D eigenvalue weighted by Gasteiger charge is -2.13. The van der Waals surface area contributed by atoms with Crippen molar-refractivity contribution >= 4 is 28.9 Å². The summed E-state index contributed by atoms with van der Waals surface area (Å²) in [5.41, 5.74) is 1.88. The van der Waals surface area contributed by atoms with Crippen molar-refractivity contribution in [3.63, 3.8) is 0 Å². The summed E-state index contributed by atoms with van der Waals surface area (Å²) in [6.45, 7) is 2.01. The van der Waals surface area contributed by atoms with E-state index in [2.05, 4.69) is 10.6 Å². The van der Waals surface area contributed by atoms with Gasteiger partial charge in [0.2, 0.25) is 0 Å². The largest absolute Gasteiger partial charge is 0.506 e. The summed E-state index contributed by atoms with van der Waals surface area (Å²) in [6, 6.07) is 12.1. The number of nitrogens with one attached hydrogen (secondary N) is 2. The van der Waals surface area contributed by atoms with Crippen molar-refractivity contribution in [2.75, 3.05) is 12.4 Å². The zero-order chi connectivity index (χ0) is 16.8. The Balaban J connectivity index is 2.09. The van der Waals surface area contributed by atoms with Gasteiger partial charge in [-0.1, -0.05) is 25.1 Å². The first-order valence-corrected chi connectivity index (χ1v) is 7.53. The number of thiocarbonyl (C=S) groups is 1. The van der Waals surface area contributed by atoms with Gasteiger partial charge in [0.15, 0.2) is 5.11 Å². The molecule has 1 amide bonds. The van der Waals surface area contributed by atoms with Gasteiger partial charge in [0.25, 0.3) is 5.91 Å². The standard InChI is InChI=1S/C17H18N2O3S/c1-3-11-8-9-14(20)13(10-11)18-17(23)19-16(21)12-6-4-5-7-15(12)22-2/h4-10,20H,3H2,1-2H3,(H2,18,19,21,23). The number of carbonyl (C=O) groups excluding carboxylic acids is 1. The van der Waals surface area contributed by atoms with Crippen LogP contribution in [0.25, 0.3) is 0 Å². The van der Waals surface area contributed by atoms with Crippen LogP contribution in [0.3, 0.4) is 0 Å². The van der Waals surface area contributed by atoms with E-state index in [9.17, 15) is 9.90 Å². The first kappa shape index (κ1) is 16.8. The van der Waals surface area contributed by atoms with Crippen LogP contribution in [0.2, 0.25) is 0 Å². The fraction of sp³-hybridized carbons (Fsp3) is 0.176. The maximum atomic E-state index is 12.3. The number of para-hydroxylation sites is 1. The number of aromatic hydroxyl groups is 1. The zero-order valence-corrected chi connectivity index (χ0v) is 13.7. The van der Waals surface area contributed by atoms with Gasteiger partial charge in [0.05, 0.1) is 18.4 Å². The third kappa shape index (κ3) is 4.20. The summed E-state index contributed by atoms with van der Waals surface area (Å²) in [6.07, 6.45) is 0.829. The molecular weight excluding hydrogens is 312 g/mol. The Hall–Kier alpha value is -2.60. The molecule has 0 bridgehead atoms. The van der Waals surface area contributed by atoms with E-state index in [0.717, 1.165) is 12.0 Å². The number of hydrogen-bond acceptors (Lipinski definition) is 4. The Morgan fingerprint density at radius 2 is 2.00 bits per heavy atom. The number of benzene rings is 2. The number of phenolic OH excluding ortho intramolecular Hbond substituents is 1. The van der Waals surface area contributed by atoms with Crippen molar-refractivity contribution in [3.8, 4) is 11.5 Å². The SMILES string of the molecule is CCc1ccc(O)c(NC(=S)NC(=O)c2ccccc2OC)c1. The van der Waals surface area contributed by atoms with Gasteiger partial charge in [-0.2, -0.15) is 0 Å². The average molecular weight is 330 g/mol. The quantitative estimate of drug-likeness (QED) is 0.594. The van der Waals surface area contributed by atoms with Gasteiger partial charge in [-0.3, -0.25) is 10.1 Å². The highest BCUT2D eigenvalue weighted by molar-refractivity contribution is 7.80. The maximum Gasteiger partial charge on any atom is 0.261 e. The van der Waals surface area contributed by atoms with Gasteiger partial charge in [-0.05, 0) is 48.5 Å². The van der Waals surface area contributed by atoms with E-state index in [1.165, 1.54) is 7.11 Å². The van der Waals surface area contributed by atoms with Crippen LogP contribution in [0.15, 0.2) is 42.5 Å². The molecule has 0 fully saturated rings. The minimum Gasteiger partial charge on any atom is -0.506 e. The predicted octanol–water partition coefficient (Wildman–Crippen LogP) is 3.09. The Kier molecular flexibility index (Phi) is 5.54. The highest BCUT2D eigenvalue weighted by Gasteiger charge is 2.13. The molecule has 3 N–H and O–H groups in total. The Bertz CT molecular complexity index is 732. The summed E-state index contributed by atoms with van der Waals surface area (Å²) in [4.78, 5) is 12.3. The highest BCUT2D eigenvalue weighted by Crippen LogP contribution is 2.24. The molecule has 0 heterocycles. The van der Waals surface area contributed by atoms with E-state index in [-0.39, 0.29) is 16.8 Å². The number of phenols is 1. The molecule has 2 rings (SSSR count). The molecule has 6 heteroatoms. The molecule has 0 aliphatic heterocycles. The molecule has 2 aromatic rings. The average Bonchev–Trinajstić information content (AvgIpc) is 2.56. The van der Waals surface area contributed by atoms with Crippen molar-refractivity contribution in [1.29, 1.82) is 0 Å². The lowest BCUT2D eigenvalue weighted by molar-refractivity contribution is 0.0974. The summed E-state index contributed by atoms with van der Waals surface area (Å²) in [5.74, 6) is 0.144. The van der Waals surface area contributed by atoms with E-state index in [4.69, 9.17) is 17.0 Å². The van der Waals surface area contributed by atoms with Crippen LogP contribution < -0.4 is 15.4 Å². The topological polar surface area (TPSA) is 70.6 Å². The molecule has 0 aromatic heterocycles. The number of aryl methyl sites for hydroxylation is 1. The van der Waals surface area contributed by atoms with Gasteiger partial charge < -0.3 is 15.2 Å². The fourth-order valence-corrected chi connectivity index (χ4v) is 2.26. The van der Waals surface area contributed by atoms with Gasteiger partial charge in [0, 0.05) is 0 Å². The zero-order valence-electron chi connectivity index (χ0n) is 12.9. The summed E-state index contributed by atoms with van der Waals surface area (Å²) in [7, 11) is 1.50. The maximum absolute atomic E-state index is 12.3. The first-order valence-electron chi connectivity index (χ1n) is 7.12. The van der Waals surface area contributed by atoms with E-state index in [1.807, 2.05) is 13.0 Å². The van der Waals surface area contributed by atoms with Crippen LogP contribution in [-0.4, -0.2) is 23.2 Å². The molecule has 2 aromatic carbocycles. The smallest absolute Gasteiger partial charge is 0.261 e. The van der Waals surface area contributed by atoms with Crippen LogP contribution in [0.1, 0.15) is 22.8 Å². The van der Waals surface area contributed by atoms with Crippen LogP contribution >= 0.6 is 12.2 Å². The molecule has 0 radical (unpaired) electrons. The number of anilines is 1. The Labute approximate surface area is 140 Å². The molecule has 0 aliphatic rings. The lowest BCUT2D eigenvalue weighted by Crippen LogP contribution is -2.34. The molecule has 5 nitrogen and oxygen atoms in total. The minimum absolute atomic E-state index is 0.0658. The predicted molar refractivity (Wildman–Crippen MR) is 94.2 cm³/mol. The normalized spacial score (nSPS) is 10.0. The molecule has 0 unspecified atom stereocenters. The fourth-order valence-electron chi connectivity index (χ4n) is 2.06. The van der Waals surface area contributed by atoms with E-state index in [0.29, 0.717) is 17.0 Å². The van der Waals surface area contributed by atoms with Gasteiger partial charge >= 0.3 is 0 Å². The molecule has 120 valence electrons. The van der Waals surface area contributed by atoms with Crippen molar-refractivity contribution in [2.45, 2.75) is 13.3 Å². The molecule has 23 heavy (non-hydrogen) atoms. The van der Waals surface area contributed by atoms with Crippen molar-refractivity contribution in [2.24, 2.45) is 0 Å². The number of ether oxygens (including phenoxy) is 1. The first-order chi connectivity index (χ1) is 11.0. The number of amides is 1. The Morgan fingerprint density at radius 1 is 1.26 bits per heavy atom. The van der Waals surface area contributed by atoms with Crippen LogP contribution in [-0.2, 0) is 6.42 Å². The number of carbonyl (C=O) groups is 1. The lowest BCUT2D eigenvalue weighted by atomic mass is 10.1. The molecule has 0 atom stereocenters. The monoisotopic (exact) mass is 330 g/mol. The summed E-state index contributed by atoms with van der Waals surface area (Å²) in [5, 5.41) is 15.4. The number of methoxy groups -OCH3 is 1. The minimum atomic E-state index is -0.383. The molecule has 0 aliphatic carbocycles. The van der Waals surface area contributed by atoms with Gasteiger partial charge in [-0.25, -0.2) is 0 Å². The van der Waals surface area contributed by atoms with E-state index in [1.54, 1.807) is 36.4 Å². The second-order valence-electron chi connectivity index (χ2n) is 4.81. The molecule has 0 saturated carbocycles. The second-order valence-corrected chi connectivity index (χ2v) is 5.22.